The van der Waals surface area contributed by atoms with Crippen LogP contribution >= 0.6 is 0 Å². The quantitative estimate of drug-likeness (QED) is 0.228. The van der Waals surface area contributed by atoms with Crippen molar-refractivity contribution < 1.29 is 23.9 Å². The minimum atomic E-state index is -0.913. The summed E-state index contributed by atoms with van der Waals surface area (Å²) in [5.41, 5.74) is 3.94. The molecule has 1 fully saturated rings. The van der Waals surface area contributed by atoms with E-state index in [9.17, 15) is 9.90 Å². The molecule has 1 saturated heterocycles. The number of carbonyl (C=O) groups is 1. The molecule has 40 heavy (non-hydrogen) atoms. The zero-order valence-corrected chi connectivity index (χ0v) is 22.0. The number of aromatic nitrogens is 1. The number of rotatable bonds is 8. The van der Waals surface area contributed by atoms with Gasteiger partial charge in [0.1, 0.15) is 18.1 Å². The molecule has 5 aromatic rings. The van der Waals surface area contributed by atoms with Gasteiger partial charge in [0, 0.05) is 24.1 Å². The maximum atomic E-state index is 11.7. The number of hydrogen-bond acceptors (Lipinski definition) is 5. The lowest BCUT2D eigenvalue weighted by molar-refractivity contribution is -0.0199. The normalized spacial score (nSPS) is 17.1. The Bertz CT molecular complexity index is 1580. The number of amides is 1. The van der Waals surface area contributed by atoms with E-state index in [4.69, 9.17) is 14.0 Å². The van der Waals surface area contributed by atoms with E-state index in [1.54, 1.807) is 0 Å². The van der Waals surface area contributed by atoms with Gasteiger partial charge < -0.3 is 24.0 Å². The summed E-state index contributed by atoms with van der Waals surface area (Å²) in [7, 11) is 0. The molecule has 4 aromatic carbocycles. The van der Waals surface area contributed by atoms with Crippen LogP contribution in [0.1, 0.15) is 29.2 Å². The van der Waals surface area contributed by atoms with Gasteiger partial charge in [0.15, 0.2) is 5.76 Å². The Morgan fingerprint density at radius 2 is 1.68 bits per heavy atom. The van der Waals surface area contributed by atoms with Crippen LogP contribution < -0.4 is 4.74 Å². The maximum absolute atomic E-state index is 11.7. The third kappa shape index (κ3) is 5.84. The lowest BCUT2D eigenvalue weighted by atomic mass is 9.87. The maximum Gasteiger partial charge on any atom is 0.407 e. The lowest BCUT2D eigenvalue weighted by Gasteiger charge is -2.37. The SMILES string of the molecule is O=C(O)N1CCC(c2ccc(OCc3cc(-c4ccccc4)no3)cc2)C(OCc2ccc3ccccc3c2)C1. The molecule has 2 unspecified atom stereocenters. The number of benzene rings is 4. The summed E-state index contributed by atoms with van der Waals surface area (Å²) < 4.78 is 17.8. The zero-order chi connectivity index (χ0) is 27.3. The van der Waals surface area contributed by atoms with Gasteiger partial charge in [-0.3, -0.25) is 0 Å². The van der Waals surface area contributed by atoms with Gasteiger partial charge in [-0.1, -0.05) is 84.0 Å². The van der Waals surface area contributed by atoms with Crippen LogP contribution in [0, 0.1) is 0 Å². The van der Waals surface area contributed by atoms with Gasteiger partial charge in [0.05, 0.1) is 19.3 Å². The number of nitrogens with zero attached hydrogens (tertiary/aromatic N) is 2. The molecule has 1 N–H and O–H groups in total. The summed E-state index contributed by atoms with van der Waals surface area (Å²) in [4.78, 5) is 13.2. The van der Waals surface area contributed by atoms with E-state index in [2.05, 4.69) is 35.5 Å². The summed E-state index contributed by atoms with van der Waals surface area (Å²) in [5.74, 6) is 1.44. The highest BCUT2D eigenvalue weighted by molar-refractivity contribution is 5.82. The molecule has 0 radical (unpaired) electrons. The Morgan fingerprint density at radius 3 is 2.48 bits per heavy atom. The number of ether oxygens (including phenoxy) is 2. The molecular formula is C33H30N2O5. The minimum absolute atomic E-state index is 0.0767. The fraction of sp³-hybridized carbons (Fsp3) is 0.212. The summed E-state index contributed by atoms with van der Waals surface area (Å²) >= 11 is 0. The Morgan fingerprint density at radius 1 is 0.900 bits per heavy atom. The van der Waals surface area contributed by atoms with Crippen molar-refractivity contribution in [3.63, 3.8) is 0 Å². The highest BCUT2D eigenvalue weighted by Gasteiger charge is 2.33. The van der Waals surface area contributed by atoms with Crippen LogP contribution in [-0.4, -0.2) is 40.4 Å². The molecule has 0 spiro atoms. The molecular weight excluding hydrogens is 504 g/mol. The van der Waals surface area contributed by atoms with Gasteiger partial charge in [0.2, 0.25) is 0 Å². The summed E-state index contributed by atoms with van der Waals surface area (Å²) in [6, 6.07) is 34.2. The second kappa shape index (κ2) is 11.6. The van der Waals surface area contributed by atoms with Gasteiger partial charge in [-0.15, -0.1) is 0 Å². The monoisotopic (exact) mass is 534 g/mol. The average Bonchev–Trinajstić information content (AvgIpc) is 3.49. The van der Waals surface area contributed by atoms with Crippen molar-refractivity contribution in [2.24, 2.45) is 0 Å². The zero-order valence-electron chi connectivity index (χ0n) is 22.0. The van der Waals surface area contributed by atoms with Crippen LogP contribution in [0.3, 0.4) is 0 Å². The second-order valence-electron chi connectivity index (χ2n) is 10.1. The number of fused-ring (bicyclic) bond motifs is 1. The van der Waals surface area contributed by atoms with E-state index < -0.39 is 6.09 Å². The van der Waals surface area contributed by atoms with E-state index in [1.165, 1.54) is 10.3 Å². The van der Waals surface area contributed by atoms with Gasteiger partial charge in [-0.25, -0.2) is 4.79 Å². The topological polar surface area (TPSA) is 85.0 Å². The first-order valence-electron chi connectivity index (χ1n) is 13.4. The molecule has 1 amide bonds. The largest absolute Gasteiger partial charge is 0.486 e. The van der Waals surface area contributed by atoms with E-state index in [0.29, 0.717) is 31.9 Å². The van der Waals surface area contributed by atoms with Crippen LogP contribution in [0.25, 0.3) is 22.0 Å². The van der Waals surface area contributed by atoms with Crippen LogP contribution in [-0.2, 0) is 18.0 Å². The highest BCUT2D eigenvalue weighted by atomic mass is 16.5. The van der Waals surface area contributed by atoms with Crippen molar-refractivity contribution in [2.75, 3.05) is 13.1 Å². The fourth-order valence-electron chi connectivity index (χ4n) is 5.26. The minimum Gasteiger partial charge on any atom is -0.486 e. The van der Waals surface area contributed by atoms with Gasteiger partial charge >= 0.3 is 6.09 Å². The van der Waals surface area contributed by atoms with Crippen LogP contribution in [0.5, 0.6) is 5.75 Å². The van der Waals surface area contributed by atoms with Crippen molar-refractivity contribution in [3.8, 4) is 17.0 Å². The van der Waals surface area contributed by atoms with Crippen molar-refractivity contribution in [2.45, 2.75) is 31.7 Å². The first-order valence-corrected chi connectivity index (χ1v) is 13.4. The number of piperidine rings is 1. The third-order valence-corrected chi connectivity index (χ3v) is 7.43. The molecule has 202 valence electrons. The van der Waals surface area contributed by atoms with Gasteiger partial charge in [-0.05, 0) is 46.5 Å². The van der Waals surface area contributed by atoms with Crippen LogP contribution in [0.2, 0.25) is 0 Å². The Balaban J connectivity index is 1.11. The molecule has 2 heterocycles. The van der Waals surface area contributed by atoms with Gasteiger partial charge in [0.25, 0.3) is 0 Å². The third-order valence-electron chi connectivity index (χ3n) is 7.43. The standard InChI is InChI=1S/C33H30N2O5/c36-33(37)35-17-16-30(32(20-35)39-21-23-10-11-24-6-4-5-9-27(24)18-23)25-12-14-28(15-13-25)38-22-29-19-31(34-40-29)26-7-2-1-3-8-26/h1-15,18-19,30,32H,16-17,20-22H2,(H,36,37). The molecule has 1 aliphatic heterocycles. The Kier molecular flexibility index (Phi) is 7.46. The Hall–Kier alpha value is -4.62. The fourth-order valence-corrected chi connectivity index (χ4v) is 5.26. The van der Waals surface area contributed by atoms with Crippen molar-refractivity contribution in [1.82, 2.24) is 10.1 Å². The molecule has 0 bridgehead atoms. The summed E-state index contributed by atoms with van der Waals surface area (Å²) in [5, 5.41) is 16.1. The Labute approximate surface area is 232 Å². The molecule has 0 aliphatic carbocycles. The number of carboxylic acid groups (broad SMARTS) is 1. The average molecular weight is 535 g/mol. The van der Waals surface area contributed by atoms with E-state index in [0.717, 1.165) is 33.5 Å². The second-order valence-corrected chi connectivity index (χ2v) is 10.1. The van der Waals surface area contributed by atoms with Crippen LogP contribution in [0.4, 0.5) is 4.79 Å². The van der Waals surface area contributed by atoms with E-state index in [1.807, 2.05) is 72.8 Å². The molecule has 6 rings (SSSR count). The molecule has 1 aliphatic rings. The van der Waals surface area contributed by atoms with E-state index in [-0.39, 0.29) is 18.6 Å². The van der Waals surface area contributed by atoms with Crippen LogP contribution in [0.15, 0.2) is 108 Å². The highest BCUT2D eigenvalue weighted by Crippen LogP contribution is 2.33. The van der Waals surface area contributed by atoms with Crippen molar-refractivity contribution >= 4 is 16.9 Å². The molecule has 1 aromatic heterocycles. The molecule has 2 atom stereocenters. The molecule has 7 heteroatoms. The van der Waals surface area contributed by atoms with E-state index >= 15 is 0 Å². The predicted molar refractivity (Wildman–Crippen MR) is 152 cm³/mol. The molecule has 7 nitrogen and oxygen atoms in total. The predicted octanol–water partition coefficient (Wildman–Crippen LogP) is 7.13. The summed E-state index contributed by atoms with van der Waals surface area (Å²) in [6.45, 7) is 1.50. The molecule has 0 saturated carbocycles. The van der Waals surface area contributed by atoms with Crippen molar-refractivity contribution in [3.05, 3.63) is 120 Å². The smallest absolute Gasteiger partial charge is 0.407 e. The first-order chi connectivity index (χ1) is 19.6. The lowest BCUT2D eigenvalue weighted by Crippen LogP contribution is -2.46. The first kappa shape index (κ1) is 25.6. The number of likely N-dealkylation sites (tertiary alicyclic amines) is 1. The van der Waals surface area contributed by atoms with Crippen molar-refractivity contribution in [1.29, 1.82) is 0 Å². The number of hydrogen-bond donors (Lipinski definition) is 1. The van der Waals surface area contributed by atoms with Gasteiger partial charge in [-0.2, -0.15) is 0 Å². The summed E-state index contributed by atoms with van der Waals surface area (Å²) in [6.07, 6.45) is -0.479.